The second kappa shape index (κ2) is 4.26. The van der Waals surface area contributed by atoms with Crippen molar-refractivity contribution < 1.29 is 4.79 Å². The topological polar surface area (TPSA) is 55.1 Å². The number of benzene rings is 1. The van der Waals surface area contributed by atoms with E-state index in [4.69, 9.17) is 5.73 Å². The first-order valence-corrected chi connectivity index (χ1v) is 7.20. The van der Waals surface area contributed by atoms with Gasteiger partial charge in [-0.3, -0.25) is 4.79 Å². The molecule has 0 saturated heterocycles. The van der Waals surface area contributed by atoms with Gasteiger partial charge < -0.3 is 11.1 Å². The van der Waals surface area contributed by atoms with Crippen molar-refractivity contribution in [3.8, 4) is 0 Å². The van der Waals surface area contributed by atoms with Crippen molar-refractivity contribution >= 4 is 33.2 Å². The summed E-state index contributed by atoms with van der Waals surface area (Å²) in [5.74, 6) is 1.99. The first kappa shape index (κ1) is 12.0. The first-order valence-electron chi connectivity index (χ1n) is 6.41. The molecule has 3 rings (SSSR count). The van der Waals surface area contributed by atoms with Gasteiger partial charge in [0.25, 0.3) is 0 Å². The number of amides is 1. The number of hydrogen-bond acceptors (Lipinski definition) is 2. The van der Waals surface area contributed by atoms with Gasteiger partial charge in [0.05, 0.1) is 5.69 Å². The van der Waals surface area contributed by atoms with Crippen molar-refractivity contribution in [1.29, 1.82) is 0 Å². The van der Waals surface area contributed by atoms with Gasteiger partial charge in [0.2, 0.25) is 5.91 Å². The summed E-state index contributed by atoms with van der Waals surface area (Å²) in [6, 6.07) is 3.77. The summed E-state index contributed by atoms with van der Waals surface area (Å²) >= 11 is 3.47. The molecule has 2 aliphatic rings. The summed E-state index contributed by atoms with van der Waals surface area (Å²) in [6.45, 7) is 1.95. The molecule has 18 heavy (non-hydrogen) atoms. The number of hydrogen-bond donors (Lipinski definition) is 2. The minimum atomic E-state index is 0.145. The summed E-state index contributed by atoms with van der Waals surface area (Å²) in [4.78, 5) is 12.2. The van der Waals surface area contributed by atoms with Crippen LogP contribution in [0.5, 0.6) is 0 Å². The fraction of sp³-hybridized carbons (Fsp3) is 0.500. The van der Waals surface area contributed by atoms with E-state index >= 15 is 0 Å². The van der Waals surface area contributed by atoms with E-state index in [-0.39, 0.29) is 11.8 Å². The van der Waals surface area contributed by atoms with Gasteiger partial charge in [-0.1, -0.05) is 0 Å². The highest BCUT2D eigenvalue weighted by Crippen LogP contribution is 2.54. The zero-order valence-corrected chi connectivity index (χ0v) is 12.0. The van der Waals surface area contributed by atoms with E-state index in [1.165, 1.54) is 6.42 Å². The molecule has 0 bridgehead atoms. The van der Waals surface area contributed by atoms with Crippen molar-refractivity contribution in [3.63, 3.8) is 0 Å². The number of fused-ring (bicyclic) bond motifs is 1. The van der Waals surface area contributed by atoms with Gasteiger partial charge in [-0.15, -0.1) is 0 Å². The summed E-state index contributed by atoms with van der Waals surface area (Å²) in [5, 5.41) is 3.00. The van der Waals surface area contributed by atoms with Crippen LogP contribution in [0.1, 0.15) is 24.8 Å². The molecule has 96 valence electrons. The molecule has 0 spiro atoms. The molecular formula is C14H17BrN2O. The van der Waals surface area contributed by atoms with E-state index in [0.717, 1.165) is 40.4 Å². The molecule has 2 fully saturated rings. The molecule has 2 atom stereocenters. The van der Waals surface area contributed by atoms with E-state index < -0.39 is 0 Å². The lowest BCUT2D eigenvalue weighted by Gasteiger charge is -2.14. The lowest BCUT2D eigenvalue weighted by atomic mass is 10.0. The van der Waals surface area contributed by atoms with Crippen LogP contribution < -0.4 is 11.1 Å². The number of anilines is 2. The molecule has 3 N–H and O–H groups in total. The molecule has 1 aromatic carbocycles. The maximum Gasteiger partial charge on any atom is 0.227 e. The Morgan fingerprint density at radius 3 is 2.67 bits per heavy atom. The Labute approximate surface area is 115 Å². The van der Waals surface area contributed by atoms with Crippen LogP contribution in [0.4, 0.5) is 11.4 Å². The number of rotatable bonds is 2. The largest absolute Gasteiger partial charge is 0.398 e. The predicted octanol–water partition coefficient (Wildman–Crippen LogP) is 3.32. The molecule has 2 aliphatic carbocycles. The number of nitrogens with one attached hydrogen (secondary N) is 1. The number of nitrogens with two attached hydrogens (primary N) is 1. The molecule has 0 aliphatic heterocycles. The highest BCUT2D eigenvalue weighted by atomic mass is 79.9. The standard InChI is InChI=1S/C14H17BrN2O/c1-7-2-11(15)13(6-12(7)16)17-14(18)10-4-8-3-9(8)5-10/h2,6,8-10H,3-5,16H2,1H3,(H,17,18). The Bertz CT molecular complexity index is 505. The van der Waals surface area contributed by atoms with Gasteiger partial charge in [0, 0.05) is 16.1 Å². The van der Waals surface area contributed by atoms with Crippen molar-refractivity contribution in [2.24, 2.45) is 17.8 Å². The number of halogens is 1. The average molecular weight is 309 g/mol. The highest BCUT2D eigenvalue weighted by Gasteiger charge is 2.48. The van der Waals surface area contributed by atoms with Crippen LogP contribution in [0, 0.1) is 24.7 Å². The fourth-order valence-electron chi connectivity index (χ4n) is 2.95. The minimum absolute atomic E-state index is 0.145. The maximum absolute atomic E-state index is 12.2. The van der Waals surface area contributed by atoms with Gasteiger partial charge in [0.1, 0.15) is 0 Å². The summed E-state index contributed by atoms with van der Waals surface area (Å²) in [7, 11) is 0. The van der Waals surface area contributed by atoms with E-state index in [0.29, 0.717) is 5.69 Å². The molecule has 2 unspecified atom stereocenters. The highest BCUT2D eigenvalue weighted by molar-refractivity contribution is 9.10. The number of nitrogen functional groups attached to an aromatic ring is 1. The third-order valence-corrected chi connectivity index (χ3v) is 4.88. The molecule has 0 aromatic heterocycles. The van der Waals surface area contributed by atoms with E-state index in [1.54, 1.807) is 0 Å². The quantitative estimate of drug-likeness (QED) is 0.823. The van der Waals surface area contributed by atoms with Gasteiger partial charge in [-0.2, -0.15) is 0 Å². The predicted molar refractivity (Wildman–Crippen MR) is 76.2 cm³/mol. The van der Waals surface area contributed by atoms with Crippen LogP contribution in [-0.4, -0.2) is 5.91 Å². The zero-order chi connectivity index (χ0) is 12.9. The van der Waals surface area contributed by atoms with Crippen LogP contribution in [0.25, 0.3) is 0 Å². The SMILES string of the molecule is Cc1cc(Br)c(NC(=O)C2CC3CC3C2)cc1N. The van der Waals surface area contributed by atoms with Crippen molar-refractivity contribution in [3.05, 3.63) is 22.2 Å². The van der Waals surface area contributed by atoms with Crippen molar-refractivity contribution in [1.82, 2.24) is 0 Å². The van der Waals surface area contributed by atoms with Gasteiger partial charge in [-0.25, -0.2) is 0 Å². The Morgan fingerprint density at radius 2 is 2.00 bits per heavy atom. The van der Waals surface area contributed by atoms with Gasteiger partial charge >= 0.3 is 0 Å². The van der Waals surface area contributed by atoms with Crippen LogP contribution in [0.15, 0.2) is 16.6 Å². The number of carbonyl (C=O) groups excluding carboxylic acids is 1. The van der Waals surface area contributed by atoms with Crippen molar-refractivity contribution in [2.45, 2.75) is 26.2 Å². The molecule has 0 heterocycles. The summed E-state index contributed by atoms with van der Waals surface area (Å²) < 4.78 is 0.894. The fourth-order valence-corrected chi connectivity index (χ4v) is 3.51. The van der Waals surface area contributed by atoms with Crippen molar-refractivity contribution in [2.75, 3.05) is 11.1 Å². The summed E-state index contributed by atoms with van der Waals surface area (Å²) in [5.41, 5.74) is 8.38. The van der Waals surface area contributed by atoms with Crippen LogP contribution in [0.3, 0.4) is 0 Å². The van der Waals surface area contributed by atoms with Crippen LogP contribution in [0.2, 0.25) is 0 Å². The molecule has 1 aromatic rings. The molecule has 4 heteroatoms. The molecule has 0 radical (unpaired) electrons. The van der Waals surface area contributed by atoms with Crippen LogP contribution >= 0.6 is 15.9 Å². The molecule has 1 amide bonds. The third-order valence-electron chi connectivity index (χ3n) is 4.23. The zero-order valence-electron chi connectivity index (χ0n) is 10.4. The molecule has 3 nitrogen and oxygen atoms in total. The van der Waals surface area contributed by atoms with E-state index in [2.05, 4.69) is 21.2 Å². The lowest BCUT2D eigenvalue weighted by Crippen LogP contribution is -2.22. The van der Waals surface area contributed by atoms with Gasteiger partial charge in [-0.05, 0) is 71.6 Å². The minimum Gasteiger partial charge on any atom is -0.398 e. The third kappa shape index (κ3) is 2.14. The Kier molecular flexibility index (Phi) is 2.85. The summed E-state index contributed by atoms with van der Waals surface area (Å²) in [6.07, 6.45) is 3.47. The Hall–Kier alpha value is -1.03. The maximum atomic E-state index is 12.2. The smallest absolute Gasteiger partial charge is 0.227 e. The first-order chi connectivity index (χ1) is 8.54. The van der Waals surface area contributed by atoms with E-state index in [9.17, 15) is 4.79 Å². The van der Waals surface area contributed by atoms with E-state index in [1.807, 2.05) is 19.1 Å². The normalized spacial score (nSPS) is 28.9. The molecule has 2 saturated carbocycles. The monoisotopic (exact) mass is 308 g/mol. The second-order valence-corrected chi connectivity index (χ2v) is 6.46. The lowest BCUT2D eigenvalue weighted by molar-refractivity contribution is -0.120. The van der Waals surface area contributed by atoms with Crippen LogP contribution in [-0.2, 0) is 4.79 Å². The Balaban J connectivity index is 1.72. The van der Waals surface area contributed by atoms with Gasteiger partial charge in [0.15, 0.2) is 0 Å². The number of carbonyl (C=O) groups is 1. The second-order valence-electron chi connectivity index (χ2n) is 5.60. The Morgan fingerprint density at radius 1 is 1.33 bits per heavy atom. The number of aryl methyl sites for hydroxylation is 1. The molecular weight excluding hydrogens is 292 g/mol. The average Bonchev–Trinajstić information content (AvgIpc) is 2.93.